The van der Waals surface area contributed by atoms with Crippen LogP contribution in [0.3, 0.4) is 0 Å². The van der Waals surface area contributed by atoms with Gasteiger partial charge in [-0.15, -0.1) is 0 Å². The molecular formula is C17H28N2O2S. The highest BCUT2D eigenvalue weighted by Crippen LogP contribution is 2.28. The van der Waals surface area contributed by atoms with Crippen LogP contribution in [0.15, 0.2) is 18.2 Å². The molecule has 0 aliphatic carbocycles. The number of rotatable bonds is 10. The molecule has 124 valence electrons. The van der Waals surface area contributed by atoms with Crippen molar-refractivity contribution >= 4 is 23.0 Å². The highest BCUT2D eigenvalue weighted by Gasteiger charge is 2.06. The highest BCUT2D eigenvalue weighted by atomic mass is 32.1. The van der Waals surface area contributed by atoms with Crippen LogP contribution in [0.4, 0.5) is 5.69 Å². The summed E-state index contributed by atoms with van der Waals surface area (Å²) in [5.41, 5.74) is 0.837. The lowest BCUT2D eigenvalue weighted by Crippen LogP contribution is -2.29. The van der Waals surface area contributed by atoms with E-state index in [9.17, 15) is 0 Å². The molecule has 0 heterocycles. The summed E-state index contributed by atoms with van der Waals surface area (Å²) in [5, 5.41) is 7.02. The molecule has 1 rings (SSSR count). The number of thiocarbonyl (C=S) groups is 1. The number of hydrogen-bond acceptors (Lipinski definition) is 3. The highest BCUT2D eigenvalue weighted by molar-refractivity contribution is 7.80. The minimum absolute atomic E-state index is 0.622. The van der Waals surface area contributed by atoms with E-state index in [1.54, 1.807) is 14.2 Å². The monoisotopic (exact) mass is 324 g/mol. The molecule has 1 aromatic carbocycles. The van der Waals surface area contributed by atoms with Crippen LogP contribution >= 0.6 is 12.2 Å². The van der Waals surface area contributed by atoms with Gasteiger partial charge in [0.05, 0.1) is 19.9 Å². The van der Waals surface area contributed by atoms with Crippen LogP contribution in [0.25, 0.3) is 0 Å². The fraction of sp³-hybridized carbons (Fsp3) is 0.588. The number of benzene rings is 1. The molecule has 0 aliphatic heterocycles. The van der Waals surface area contributed by atoms with Crippen molar-refractivity contribution in [2.45, 2.75) is 45.4 Å². The molecule has 0 saturated carbocycles. The van der Waals surface area contributed by atoms with Crippen molar-refractivity contribution in [2.24, 2.45) is 0 Å². The minimum Gasteiger partial charge on any atom is -0.497 e. The van der Waals surface area contributed by atoms with Crippen LogP contribution in [-0.4, -0.2) is 25.9 Å². The maximum Gasteiger partial charge on any atom is 0.170 e. The first kappa shape index (κ1) is 18.6. The summed E-state index contributed by atoms with van der Waals surface area (Å²) in [5.74, 6) is 1.47. The molecule has 22 heavy (non-hydrogen) atoms. The Morgan fingerprint density at radius 2 is 1.77 bits per heavy atom. The summed E-state index contributed by atoms with van der Waals surface area (Å²) < 4.78 is 10.5. The van der Waals surface area contributed by atoms with Crippen molar-refractivity contribution < 1.29 is 9.47 Å². The zero-order valence-corrected chi connectivity index (χ0v) is 14.7. The van der Waals surface area contributed by atoms with Gasteiger partial charge in [0.2, 0.25) is 0 Å². The first-order valence-corrected chi connectivity index (χ1v) is 8.39. The zero-order chi connectivity index (χ0) is 16.2. The molecule has 0 aliphatic rings. The summed E-state index contributed by atoms with van der Waals surface area (Å²) in [7, 11) is 3.27. The lowest BCUT2D eigenvalue weighted by atomic mass is 10.1. The van der Waals surface area contributed by atoms with E-state index in [0.29, 0.717) is 10.9 Å². The van der Waals surface area contributed by atoms with Crippen molar-refractivity contribution in [3.63, 3.8) is 0 Å². The lowest BCUT2D eigenvalue weighted by Gasteiger charge is -2.14. The Labute approximate surface area is 139 Å². The van der Waals surface area contributed by atoms with E-state index >= 15 is 0 Å². The summed E-state index contributed by atoms with van der Waals surface area (Å²) in [6, 6.07) is 5.61. The lowest BCUT2D eigenvalue weighted by molar-refractivity contribution is 0.395. The number of anilines is 1. The van der Waals surface area contributed by atoms with Gasteiger partial charge >= 0.3 is 0 Å². The van der Waals surface area contributed by atoms with E-state index < -0.39 is 0 Å². The smallest absolute Gasteiger partial charge is 0.170 e. The number of unbranched alkanes of at least 4 members (excludes halogenated alkanes) is 5. The van der Waals surface area contributed by atoms with Crippen LogP contribution in [0, 0.1) is 0 Å². The molecule has 0 bridgehead atoms. The molecule has 0 amide bonds. The van der Waals surface area contributed by atoms with Gasteiger partial charge in [-0.3, -0.25) is 0 Å². The SMILES string of the molecule is CCCCCCCCNC(=S)Nc1ccc(OC)cc1OC. The van der Waals surface area contributed by atoms with Crippen LogP contribution in [0.5, 0.6) is 11.5 Å². The van der Waals surface area contributed by atoms with Crippen LogP contribution < -0.4 is 20.1 Å². The molecule has 0 saturated heterocycles. The molecular weight excluding hydrogens is 296 g/mol. The third-order valence-electron chi connectivity index (χ3n) is 3.47. The van der Waals surface area contributed by atoms with Gasteiger partial charge < -0.3 is 20.1 Å². The molecule has 2 N–H and O–H groups in total. The largest absolute Gasteiger partial charge is 0.497 e. The number of nitrogens with one attached hydrogen (secondary N) is 2. The van der Waals surface area contributed by atoms with Gasteiger partial charge in [0.1, 0.15) is 11.5 Å². The normalized spacial score (nSPS) is 10.1. The van der Waals surface area contributed by atoms with Gasteiger partial charge in [0, 0.05) is 12.6 Å². The molecule has 5 heteroatoms. The predicted molar refractivity (Wildman–Crippen MR) is 97.1 cm³/mol. The maximum absolute atomic E-state index is 5.34. The van der Waals surface area contributed by atoms with E-state index in [2.05, 4.69) is 17.6 Å². The molecule has 1 aromatic rings. The molecule has 0 unspecified atom stereocenters. The van der Waals surface area contributed by atoms with Crippen molar-refractivity contribution in [3.05, 3.63) is 18.2 Å². The van der Waals surface area contributed by atoms with E-state index in [-0.39, 0.29) is 0 Å². The van der Waals surface area contributed by atoms with E-state index in [0.717, 1.165) is 24.4 Å². The second-order valence-electron chi connectivity index (χ2n) is 5.21. The number of ether oxygens (including phenoxy) is 2. The van der Waals surface area contributed by atoms with E-state index in [4.69, 9.17) is 21.7 Å². The average Bonchev–Trinajstić information content (AvgIpc) is 2.54. The topological polar surface area (TPSA) is 42.5 Å². The average molecular weight is 324 g/mol. The van der Waals surface area contributed by atoms with Crippen LogP contribution in [0.1, 0.15) is 45.4 Å². The van der Waals surface area contributed by atoms with Gasteiger partial charge in [-0.05, 0) is 30.8 Å². The van der Waals surface area contributed by atoms with Crippen molar-refractivity contribution in [2.75, 3.05) is 26.1 Å². The first-order chi connectivity index (χ1) is 10.7. The van der Waals surface area contributed by atoms with E-state index in [1.807, 2.05) is 18.2 Å². The predicted octanol–water partition coefficient (Wildman–Crippen LogP) is 4.35. The summed E-state index contributed by atoms with van der Waals surface area (Å²) in [6.45, 7) is 3.13. The molecule has 0 spiro atoms. The Bertz CT molecular complexity index is 452. The zero-order valence-electron chi connectivity index (χ0n) is 13.9. The first-order valence-electron chi connectivity index (χ1n) is 7.98. The van der Waals surface area contributed by atoms with E-state index in [1.165, 1.54) is 32.1 Å². The molecule has 0 radical (unpaired) electrons. The Kier molecular flexibility index (Phi) is 9.39. The van der Waals surface area contributed by atoms with Crippen molar-refractivity contribution in [3.8, 4) is 11.5 Å². The van der Waals surface area contributed by atoms with Gasteiger partial charge in [-0.25, -0.2) is 0 Å². The third kappa shape index (κ3) is 6.98. The van der Waals surface area contributed by atoms with Crippen molar-refractivity contribution in [1.29, 1.82) is 0 Å². The molecule has 0 aromatic heterocycles. The summed E-state index contributed by atoms with van der Waals surface area (Å²) in [4.78, 5) is 0. The number of methoxy groups -OCH3 is 2. The Morgan fingerprint density at radius 1 is 1.05 bits per heavy atom. The second-order valence-corrected chi connectivity index (χ2v) is 5.62. The summed E-state index contributed by atoms with van der Waals surface area (Å²) >= 11 is 5.32. The van der Waals surface area contributed by atoms with Crippen LogP contribution in [-0.2, 0) is 0 Å². The fourth-order valence-corrected chi connectivity index (χ4v) is 2.39. The second kappa shape index (κ2) is 11.1. The van der Waals surface area contributed by atoms with Crippen LogP contribution in [0.2, 0.25) is 0 Å². The van der Waals surface area contributed by atoms with Gasteiger partial charge in [-0.1, -0.05) is 39.0 Å². The molecule has 4 nitrogen and oxygen atoms in total. The van der Waals surface area contributed by atoms with Gasteiger partial charge in [0.15, 0.2) is 5.11 Å². The van der Waals surface area contributed by atoms with Gasteiger partial charge in [0.25, 0.3) is 0 Å². The maximum atomic E-state index is 5.34. The summed E-state index contributed by atoms with van der Waals surface area (Å²) in [6.07, 6.45) is 7.66. The molecule has 0 fully saturated rings. The Hall–Kier alpha value is -1.49. The standard InChI is InChI=1S/C17H28N2O2S/c1-4-5-6-7-8-9-12-18-17(22)19-15-11-10-14(20-2)13-16(15)21-3/h10-11,13H,4-9,12H2,1-3H3,(H2,18,19,22). The quantitative estimate of drug-likeness (QED) is 0.495. The fourth-order valence-electron chi connectivity index (χ4n) is 2.18. The van der Waals surface area contributed by atoms with Crippen molar-refractivity contribution in [1.82, 2.24) is 5.32 Å². The number of hydrogen-bond donors (Lipinski definition) is 2. The third-order valence-corrected chi connectivity index (χ3v) is 3.72. The Balaban J connectivity index is 2.30. The minimum atomic E-state index is 0.622. The Morgan fingerprint density at radius 3 is 2.45 bits per heavy atom. The molecule has 0 atom stereocenters. The van der Waals surface area contributed by atoms with Gasteiger partial charge in [-0.2, -0.15) is 0 Å².